The van der Waals surface area contributed by atoms with Gasteiger partial charge in [0.15, 0.2) is 6.10 Å². The summed E-state index contributed by atoms with van der Waals surface area (Å²) in [6.45, 7) is 10.2. The summed E-state index contributed by atoms with van der Waals surface area (Å²) >= 11 is 0. The fraction of sp³-hybridized carbons (Fsp3) is 0.409. The van der Waals surface area contributed by atoms with Crippen molar-refractivity contribution in [3.63, 3.8) is 0 Å². The maximum Gasteiger partial charge on any atom is 0.261 e. The Hall–Kier alpha value is -2.29. The van der Waals surface area contributed by atoms with Gasteiger partial charge >= 0.3 is 0 Å². The summed E-state index contributed by atoms with van der Waals surface area (Å²) in [6.07, 6.45) is 0.986. The van der Waals surface area contributed by atoms with Gasteiger partial charge in [-0.05, 0) is 61.9 Å². The number of para-hydroxylation sites is 1. The maximum atomic E-state index is 12.7. The molecule has 0 saturated heterocycles. The highest BCUT2D eigenvalue weighted by Gasteiger charge is 2.22. The fourth-order valence-electron chi connectivity index (χ4n) is 2.83. The van der Waals surface area contributed by atoms with E-state index in [1.54, 1.807) is 0 Å². The van der Waals surface area contributed by atoms with Crippen molar-refractivity contribution < 1.29 is 9.53 Å². The van der Waals surface area contributed by atoms with Crippen LogP contribution >= 0.6 is 0 Å². The van der Waals surface area contributed by atoms with Gasteiger partial charge in [-0.25, -0.2) is 0 Å². The van der Waals surface area contributed by atoms with E-state index in [1.807, 2.05) is 38.1 Å². The van der Waals surface area contributed by atoms with Crippen molar-refractivity contribution in [3.8, 4) is 5.75 Å². The van der Waals surface area contributed by atoms with Crippen molar-refractivity contribution >= 4 is 5.91 Å². The zero-order valence-electron chi connectivity index (χ0n) is 15.9. The van der Waals surface area contributed by atoms with Gasteiger partial charge in [-0.1, -0.05) is 50.2 Å². The SMILES string of the molecule is CC[C@@H](Oc1ccccc1C)C(=O)N[C@H](CC)c1ccc(C)c(C)c1. The standard InChI is InChI=1S/C22H29NO2/c1-6-19(18-13-12-15(3)17(5)14-18)23-22(24)20(7-2)25-21-11-9-8-10-16(21)4/h8-14,19-20H,6-7H2,1-5H3,(H,23,24)/t19-,20-/m1/s1. The summed E-state index contributed by atoms with van der Waals surface area (Å²) < 4.78 is 5.97. The molecule has 0 spiro atoms. The topological polar surface area (TPSA) is 38.3 Å². The van der Waals surface area contributed by atoms with Crippen LogP contribution in [0.25, 0.3) is 0 Å². The second-order valence-electron chi connectivity index (χ2n) is 6.59. The van der Waals surface area contributed by atoms with Crippen LogP contribution in [0.4, 0.5) is 0 Å². The molecule has 134 valence electrons. The highest BCUT2D eigenvalue weighted by Crippen LogP contribution is 2.22. The van der Waals surface area contributed by atoms with Crippen molar-refractivity contribution in [1.82, 2.24) is 5.32 Å². The molecule has 0 radical (unpaired) electrons. The van der Waals surface area contributed by atoms with E-state index in [1.165, 1.54) is 11.1 Å². The Labute approximate surface area is 151 Å². The van der Waals surface area contributed by atoms with Gasteiger partial charge in [0.05, 0.1) is 6.04 Å². The molecule has 0 heterocycles. The van der Waals surface area contributed by atoms with Crippen LogP contribution in [0.3, 0.4) is 0 Å². The van der Waals surface area contributed by atoms with Gasteiger partial charge in [-0.2, -0.15) is 0 Å². The molecular weight excluding hydrogens is 310 g/mol. The molecule has 1 amide bonds. The summed E-state index contributed by atoms with van der Waals surface area (Å²) in [4.78, 5) is 12.7. The lowest BCUT2D eigenvalue weighted by Gasteiger charge is -2.23. The second kappa shape index (κ2) is 8.70. The van der Waals surface area contributed by atoms with Gasteiger partial charge in [-0.3, -0.25) is 4.79 Å². The van der Waals surface area contributed by atoms with Gasteiger partial charge in [0.2, 0.25) is 0 Å². The average molecular weight is 339 g/mol. The highest BCUT2D eigenvalue weighted by molar-refractivity contribution is 5.81. The summed E-state index contributed by atoms with van der Waals surface area (Å²) in [5, 5.41) is 3.16. The number of benzene rings is 2. The largest absolute Gasteiger partial charge is 0.480 e. The zero-order chi connectivity index (χ0) is 18.4. The molecule has 0 fully saturated rings. The van der Waals surface area contributed by atoms with Crippen LogP contribution in [0.15, 0.2) is 42.5 Å². The van der Waals surface area contributed by atoms with Crippen LogP contribution in [-0.4, -0.2) is 12.0 Å². The van der Waals surface area contributed by atoms with E-state index in [2.05, 4.69) is 44.3 Å². The van der Waals surface area contributed by atoms with Gasteiger partial charge in [-0.15, -0.1) is 0 Å². The number of hydrogen-bond donors (Lipinski definition) is 1. The molecule has 2 rings (SSSR count). The molecule has 0 aliphatic heterocycles. The third-order valence-corrected chi connectivity index (χ3v) is 4.68. The van der Waals surface area contributed by atoms with Crippen molar-refractivity contribution in [2.75, 3.05) is 0 Å². The summed E-state index contributed by atoms with van der Waals surface area (Å²) in [5.41, 5.74) is 4.69. The Balaban J connectivity index is 2.11. The predicted octanol–water partition coefficient (Wildman–Crippen LogP) is 5.04. The van der Waals surface area contributed by atoms with E-state index < -0.39 is 6.10 Å². The maximum absolute atomic E-state index is 12.7. The van der Waals surface area contributed by atoms with Crippen LogP contribution in [0.5, 0.6) is 5.75 Å². The predicted molar refractivity (Wildman–Crippen MR) is 103 cm³/mol. The Kier molecular flexibility index (Phi) is 6.63. The number of carbonyl (C=O) groups excluding carboxylic acids is 1. The van der Waals surface area contributed by atoms with E-state index in [9.17, 15) is 4.79 Å². The van der Waals surface area contributed by atoms with Crippen molar-refractivity contribution in [3.05, 3.63) is 64.7 Å². The first-order chi connectivity index (χ1) is 12.0. The summed E-state index contributed by atoms with van der Waals surface area (Å²) in [5.74, 6) is 0.708. The van der Waals surface area contributed by atoms with Crippen LogP contribution in [0, 0.1) is 20.8 Å². The molecular formula is C22H29NO2. The van der Waals surface area contributed by atoms with E-state index in [-0.39, 0.29) is 11.9 Å². The molecule has 0 unspecified atom stereocenters. The molecule has 0 aliphatic carbocycles. The summed E-state index contributed by atoms with van der Waals surface area (Å²) in [6, 6.07) is 14.2. The monoisotopic (exact) mass is 339 g/mol. The number of carbonyl (C=O) groups is 1. The number of hydrogen-bond acceptors (Lipinski definition) is 2. The molecule has 0 bridgehead atoms. The van der Waals surface area contributed by atoms with E-state index in [0.717, 1.165) is 23.3 Å². The molecule has 0 saturated carbocycles. The van der Waals surface area contributed by atoms with Crippen LogP contribution in [-0.2, 0) is 4.79 Å². The lowest BCUT2D eigenvalue weighted by Crippen LogP contribution is -2.40. The minimum Gasteiger partial charge on any atom is -0.480 e. The number of aryl methyl sites for hydroxylation is 3. The quantitative estimate of drug-likeness (QED) is 0.768. The minimum atomic E-state index is -0.485. The highest BCUT2D eigenvalue weighted by atomic mass is 16.5. The smallest absolute Gasteiger partial charge is 0.261 e. The van der Waals surface area contributed by atoms with Crippen molar-refractivity contribution in [2.45, 2.75) is 59.6 Å². The van der Waals surface area contributed by atoms with Crippen molar-refractivity contribution in [2.24, 2.45) is 0 Å². The lowest BCUT2D eigenvalue weighted by molar-refractivity contribution is -0.129. The van der Waals surface area contributed by atoms with Gasteiger partial charge in [0.25, 0.3) is 5.91 Å². The zero-order valence-corrected chi connectivity index (χ0v) is 15.9. The molecule has 3 heteroatoms. The van der Waals surface area contributed by atoms with Gasteiger partial charge < -0.3 is 10.1 Å². The Morgan fingerprint density at radius 2 is 1.68 bits per heavy atom. The first kappa shape index (κ1) is 19.0. The molecule has 2 atom stereocenters. The third kappa shape index (κ3) is 4.85. The third-order valence-electron chi connectivity index (χ3n) is 4.68. The van der Waals surface area contributed by atoms with Gasteiger partial charge in [0.1, 0.15) is 5.75 Å². The van der Waals surface area contributed by atoms with E-state index >= 15 is 0 Å². The van der Waals surface area contributed by atoms with Crippen LogP contribution < -0.4 is 10.1 Å². The molecule has 1 N–H and O–H groups in total. The first-order valence-electron chi connectivity index (χ1n) is 9.06. The van der Waals surface area contributed by atoms with Crippen LogP contribution in [0.1, 0.15) is 55.0 Å². The molecule has 0 aliphatic rings. The minimum absolute atomic E-state index is 0.00122. The average Bonchev–Trinajstić information content (AvgIpc) is 2.61. The molecule has 3 nitrogen and oxygen atoms in total. The van der Waals surface area contributed by atoms with Gasteiger partial charge in [0, 0.05) is 0 Å². The van der Waals surface area contributed by atoms with Crippen molar-refractivity contribution in [1.29, 1.82) is 0 Å². The van der Waals surface area contributed by atoms with Crippen LogP contribution in [0.2, 0.25) is 0 Å². The number of nitrogens with one attached hydrogen (secondary N) is 1. The first-order valence-corrected chi connectivity index (χ1v) is 9.06. The van der Waals surface area contributed by atoms with E-state index in [4.69, 9.17) is 4.74 Å². The Morgan fingerprint density at radius 3 is 2.28 bits per heavy atom. The second-order valence-corrected chi connectivity index (χ2v) is 6.59. The molecule has 2 aromatic rings. The molecule has 2 aromatic carbocycles. The normalized spacial score (nSPS) is 13.2. The fourth-order valence-corrected chi connectivity index (χ4v) is 2.83. The Morgan fingerprint density at radius 1 is 0.960 bits per heavy atom. The number of rotatable bonds is 7. The summed E-state index contributed by atoms with van der Waals surface area (Å²) in [7, 11) is 0. The Bertz CT molecular complexity index is 724. The number of amides is 1. The van der Waals surface area contributed by atoms with E-state index in [0.29, 0.717) is 6.42 Å². The molecule has 0 aromatic heterocycles. The number of ether oxygens (including phenoxy) is 1. The molecule has 25 heavy (non-hydrogen) atoms. The lowest BCUT2D eigenvalue weighted by atomic mass is 9.99.